The molecule has 3 rings (SSSR count). The highest BCUT2D eigenvalue weighted by atomic mass is 16.5. The van der Waals surface area contributed by atoms with Crippen molar-refractivity contribution >= 4 is 5.91 Å². The number of hydrogen-bond donors (Lipinski definition) is 0. The average molecular weight is 330 g/mol. The van der Waals surface area contributed by atoms with Crippen LogP contribution in [0.2, 0.25) is 0 Å². The summed E-state index contributed by atoms with van der Waals surface area (Å²) in [6, 6.07) is 10.3. The zero-order valence-electron chi connectivity index (χ0n) is 15.1. The summed E-state index contributed by atoms with van der Waals surface area (Å²) in [5.74, 6) is 1.49. The lowest BCUT2D eigenvalue weighted by Gasteiger charge is -2.41. The van der Waals surface area contributed by atoms with Gasteiger partial charge >= 0.3 is 0 Å². The molecule has 0 aliphatic carbocycles. The Morgan fingerprint density at radius 2 is 1.79 bits per heavy atom. The maximum atomic E-state index is 13.0. The Balaban J connectivity index is 1.63. The molecule has 132 valence electrons. The quantitative estimate of drug-likeness (QED) is 0.854. The number of nitrogens with zero attached hydrogens (tertiary/aromatic N) is 2. The molecule has 0 bridgehead atoms. The van der Waals surface area contributed by atoms with Crippen molar-refractivity contribution in [2.24, 2.45) is 11.8 Å². The largest absolute Gasteiger partial charge is 0.371 e. The molecule has 4 atom stereocenters. The van der Waals surface area contributed by atoms with Crippen LogP contribution in [-0.2, 0) is 9.53 Å². The fourth-order valence-electron chi connectivity index (χ4n) is 4.15. The highest BCUT2D eigenvalue weighted by Crippen LogP contribution is 2.25. The van der Waals surface area contributed by atoms with Crippen LogP contribution in [0.5, 0.6) is 0 Å². The van der Waals surface area contributed by atoms with Gasteiger partial charge in [0, 0.05) is 26.2 Å². The van der Waals surface area contributed by atoms with Crippen molar-refractivity contribution < 1.29 is 9.53 Å². The van der Waals surface area contributed by atoms with Gasteiger partial charge < -0.3 is 9.64 Å². The van der Waals surface area contributed by atoms with E-state index < -0.39 is 0 Å². The van der Waals surface area contributed by atoms with Crippen LogP contribution in [0.15, 0.2) is 30.3 Å². The summed E-state index contributed by atoms with van der Waals surface area (Å²) in [4.78, 5) is 17.3. The molecule has 1 aromatic rings. The van der Waals surface area contributed by atoms with Gasteiger partial charge in [-0.15, -0.1) is 0 Å². The summed E-state index contributed by atoms with van der Waals surface area (Å²) < 4.78 is 5.94. The van der Waals surface area contributed by atoms with E-state index in [0.717, 1.165) is 26.2 Å². The van der Waals surface area contributed by atoms with Crippen molar-refractivity contribution in [1.29, 1.82) is 0 Å². The minimum atomic E-state index is -0.0717. The van der Waals surface area contributed by atoms with Gasteiger partial charge in [-0.1, -0.05) is 44.2 Å². The summed E-state index contributed by atoms with van der Waals surface area (Å²) in [5.41, 5.74) is 1.20. The third-order valence-electron chi connectivity index (χ3n) is 5.35. The third kappa shape index (κ3) is 3.98. The molecule has 2 fully saturated rings. The fraction of sp³-hybridized carbons (Fsp3) is 0.650. The highest BCUT2D eigenvalue weighted by molar-refractivity contribution is 5.81. The van der Waals surface area contributed by atoms with Crippen molar-refractivity contribution in [3.63, 3.8) is 0 Å². The maximum absolute atomic E-state index is 13.0. The molecule has 2 heterocycles. The molecule has 0 spiro atoms. The van der Waals surface area contributed by atoms with Crippen LogP contribution >= 0.6 is 0 Å². The Bertz CT molecular complexity index is 538. The molecule has 24 heavy (non-hydrogen) atoms. The van der Waals surface area contributed by atoms with Gasteiger partial charge in [0.25, 0.3) is 0 Å². The number of rotatable bonds is 3. The summed E-state index contributed by atoms with van der Waals surface area (Å²) in [5, 5.41) is 0. The molecule has 0 saturated carbocycles. The monoisotopic (exact) mass is 330 g/mol. The number of morpholine rings is 1. The average Bonchev–Trinajstić information content (AvgIpc) is 2.60. The molecule has 2 aliphatic rings. The minimum absolute atomic E-state index is 0.0643. The second-order valence-corrected chi connectivity index (χ2v) is 7.63. The molecular formula is C20H30N2O2. The predicted molar refractivity (Wildman–Crippen MR) is 95.7 cm³/mol. The van der Waals surface area contributed by atoms with Gasteiger partial charge in [-0.3, -0.25) is 9.69 Å². The molecule has 2 aliphatic heterocycles. The Morgan fingerprint density at radius 3 is 2.46 bits per heavy atom. The Morgan fingerprint density at radius 1 is 1.12 bits per heavy atom. The smallest absolute Gasteiger partial charge is 0.239 e. The summed E-state index contributed by atoms with van der Waals surface area (Å²) in [6.07, 6.45) is 1.29. The van der Waals surface area contributed by atoms with E-state index in [-0.39, 0.29) is 18.1 Å². The van der Waals surface area contributed by atoms with Gasteiger partial charge in [0.1, 0.15) is 0 Å². The lowest BCUT2D eigenvalue weighted by atomic mass is 9.91. The fourth-order valence-corrected chi connectivity index (χ4v) is 4.15. The van der Waals surface area contributed by atoms with Crippen LogP contribution in [0.3, 0.4) is 0 Å². The number of likely N-dealkylation sites (tertiary alicyclic amines) is 1. The second kappa shape index (κ2) is 7.66. The van der Waals surface area contributed by atoms with E-state index in [1.165, 1.54) is 12.0 Å². The van der Waals surface area contributed by atoms with Gasteiger partial charge in [0.15, 0.2) is 0 Å². The van der Waals surface area contributed by atoms with E-state index >= 15 is 0 Å². The van der Waals surface area contributed by atoms with E-state index in [9.17, 15) is 4.79 Å². The zero-order chi connectivity index (χ0) is 17.1. The predicted octanol–water partition coefficient (Wildman–Crippen LogP) is 2.95. The Kier molecular flexibility index (Phi) is 5.57. The van der Waals surface area contributed by atoms with E-state index in [2.05, 4.69) is 42.7 Å². The molecule has 4 heteroatoms. The number of piperidine rings is 1. The van der Waals surface area contributed by atoms with Crippen molar-refractivity contribution in [2.75, 3.05) is 32.8 Å². The Labute approximate surface area is 145 Å². The van der Waals surface area contributed by atoms with E-state index in [1.807, 2.05) is 18.2 Å². The van der Waals surface area contributed by atoms with Crippen LogP contribution in [0.1, 0.15) is 38.9 Å². The van der Waals surface area contributed by atoms with Crippen molar-refractivity contribution in [3.8, 4) is 0 Å². The van der Waals surface area contributed by atoms with Gasteiger partial charge in [-0.25, -0.2) is 0 Å². The molecule has 0 radical (unpaired) electrons. The van der Waals surface area contributed by atoms with Crippen LogP contribution in [-0.4, -0.2) is 54.5 Å². The standard InChI is InChI=1S/C20H30N2O2/c1-15-11-16(2)13-22(12-15)20(23)17(3)21-9-10-24-19(14-21)18-7-5-4-6-8-18/h4-8,15-17,19H,9-14H2,1-3H3. The topological polar surface area (TPSA) is 32.8 Å². The molecule has 0 aromatic heterocycles. The number of ether oxygens (including phenoxy) is 1. The van der Waals surface area contributed by atoms with Gasteiger partial charge in [-0.2, -0.15) is 0 Å². The Hall–Kier alpha value is -1.39. The molecule has 1 aromatic carbocycles. The van der Waals surface area contributed by atoms with Gasteiger partial charge in [0.05, 0.1) is 18.8 Å². The summed E-state index contributed by atoms with van der Waals surface area (Å²) >= 11 is 0. The molecule has 4 nitrogen and oxygen atoms in total. The van der Waals surface area contributed by atoms with Crippen molar-refractivity contribution in [2.45, 2.75) is 39.3 Å². The second-order valence-electron chi connectivity index (χ2n) is 7.63. The minimum Gasteiger partial charge on any atom is -0.371 e. The van der Waals surface area contributed by atoms with Crippen LogP contribution in [0.4, 0.5) is 0 Å². The first-order chi connectivity index (χ1) is 11.5. The van der Waals surface area contributed by atoms with E-state index in [4.69, 9.17) is 4.74 Å². The first-order valence-electron chi connectivity index (χ1n) is 9.24. The van der Waals surface area contributed by atoms with Crippen molar-refractivity contribution in [3.05, 3.63) is 35.9 Å². The maximum Gasteiger partial charge on any atom is 0.239 e. The van der Waals surface area contributed by atoms with Gasteiger partial charge in [-0.05, 0) is 30.7 Å². The molecule has 2 saturated heterocycles. The molecule has 4 unspecified atom stereocenters. The third-order valence-corrected chi connectivity index (χ3v) is 5.35. The number of benzene rings is 1. The summed E-state index contributed by atoms with van der Waals surface area (Å²) in [6.45, 7) is 10.7. The molecular weight excluding hydrogens is 300 g/mol. The normalized spacial score (nSPS) is 30.1. The summed E-state index contributed by atoms with van der Waals surface area (Å²) in [7, 11) is 0. The first kappa shape index (κ1) is 17.4. The van der Waals surface area contributed by atoms with Gasteiger partial charge in [0.2, 0.25) is 5.91 Å². The number of carbonyl (C=O) groups excluding carboxylic acids is 1. The first-order valence-corrected chi connectivity index (χ1v) is 9.24. The lowest BCUT2D eigenvalue weighted by Crippen LogP contribution is -2.54. The highest BCUT2D eigenvalue weighted by Gasteiger charge is 2.33. The van der Waals surface area contributed by atoms with Crippen molar-refractivity contribution in [1.82, 2.24) is 9.80 Å². The van der Waals surface area contributed by atoms with Crippen LogP contribution < -0.4 is 0 Å². The number of hydrogen-bond acceptors (Lipinski definition) is 3. The van der Waals surface area contributed by atoms with Crippen LogP contribution in [0.25, 0.3) is 0 Å². The van der Waals surface area contributed by atoms with Crippen LogP contribution in [0, 0.1) is 11.8 Å². The van der Waals surface area contributed by atoms with E-state index in [0.29, 0.717) is 18.4 Å². The molecule has 0 N–H and O–H groups in total. The molecule has 1 amide bonds. The van der Waals surface area contributed by atoms with E-state index in [1.54, 1.807) is 0 Å². The number of amides is 1. The number of carbonyl (C=O) groups is 1. The zero-order valence-corrected chi connectivity index (χ0v) is 15.1. The SMILES string of the molecule is CC1CC(C)CN(C(=O)C(C)N2CCOC(c3ccccc3)C2)C1. The lowest BCUT2D eigenvalue weighted by molar-refractivity contribution is -0.142.